The molecule has 0 aliphatic carbocycles. The van der Waals surface area contributed by atoms with Crippen molar-refractivity contribution in [3.63, 3.8) is 0 Å². The maximum absolute atomic E-state index is 6.18. The van der Waals surface area contributed by atoms with Crippen LogP contribution in [0.5, 0.6) is 0 Å². The van der Waals surface area contributed by atoms with Gasteiger partial charge >= 0.3 is 0 Å². The highest BCUT2D eigenvalue weighted by Crippen LogP contribution is 2.43. The summed E-state index contributed by atoms with van der Waals surface area (Å²) in [5.74, 6) is 1.01. The molecule has 0 fully saturated rings. The van der Waals surface area contributed by atoms with Gasteiger partial charge in [0.1, 0.15) is 0 Å². The van der Waals surface area contributed by atoms with Crippen LogP contribution in [-0.4, -0.2) is 10.2 Å². The molecule has 0 amide bonds. The van der Waals surface area contributed by atoms with E-state index < -0.39 is 0 Å². The molecule has 0 atom stereocenters. The number of aromatic nitrogens is 2. The molecule has 202 valence electrons. The van der Waals surface area contributed by atoms with Gasteiger partial charge in [-0.1, -0.05) is 133 Å². The van der Waals surface area contributed by atoms with Gasteiger partial charge in [0, 0.05) is 11.1 Å². The minimum Gasteiger partial charge on any atom is -0.416 e. The Balaban J connectivity index is 1.19. The van der Waals surface area contributed by atoms with Crippen LogP contribution in [-0.2, 0) is 0 Å². The quantitative estimate of drug-likeness (QED) is 0.200. The van der Waals surface area contributed by atoms with Crippen molar-refractivity contribution in [2.75, 3.05) is 0 Å². The highest BCUT2D eigenvalue weighted by atomic mass is 16.4. The summed E-state index contributed by atoms with van der Waals surface area (Å²) in [6.45, 7) is 0. The molecule has 3 heteroatoms. The fourth-order valence-corrected chi connectivity index (χ4v) is 6.05. The molecule has 0 unspecified atom stereocenters. The third-order valence-corrected chi connectivity index (χ3v) is 8.06. The molecule has 0 aliphatic rings. The summed E-state index contributed by atoms with van der Waals surface area (Å²) in [5.41, 5.74) is 8.90. The summed E-state index contributed by atoms with van der Waals surface area (Å²) in [6.07, 6.45) is 0. The monoisotopic (exact) mass is 550 g/mol. The standard InChI is InChI=1S/C40H26N2O/c1-3-12-27(13-4-1)31-16-11-17-32(26-31)40-42-41-39(43-40)30-24-22-29(23-25-30)38-35-20-9-7-18-33(35)37(28-14-5-2-6-15-28)34-19-8-10-21-36(34)38/h1-26H. The molecule has 0 radical (unpaired) electrons. The first-order valence-electron chi connectivity index (χ1n) is 14.4. The van der Waals surface area contributed by atoms with Gasteiger partial charge < -0.3 is 4.42 Å². The Kier molecular flexibility index (Phi) is 6.12. The first-order chi connectivity index (χ1) is 21.3. The van der Waals surface area contributed by atoms with Crippen LogP contribution in [0.25, 0.3) is 77.8 Å². The Morgan fingerprint density at radius 3 is 1.26 bits per heavy atom. The molecule has 0 N–H and O–H groups in total. The minimum absolute atomic E-state index is 0.501. The van der Waals surface area contributed by atoms with Crippen molar-refractivity contribution >= 4 is 21.5 Å². The first-order valence-corrected chi connectivity index (χ1v) is 14.4. The minimum atomic E-state index is 0.501. The summed E-state index contributed by atoms with van der Waals surface area (Å²) in [5, 5.41) is 13.7. The maximum atomic E-state index is 6.18. The lowest BCUT2D eigenvalue weighted by Crippen LogP contribution is -1.90. The average molecular weight is 551 g/mol. The van der Waals surface area contributed by atoms with Gasteiger partial charge in [0.05, 0.1) is 0 Å². The fraction of sp³-hybridized carbons (Fsp3) is 0. The summed E-state index contributed by atoms with van der Waals surface area (Å²) in [7, 11) is 0. The van der Waals surface area contributed by atoms with Crippen LogP contribution in [0.3, 0.4) is 0 Å². The highest BCUT2D eigenvalue weighted by molar-refractivity contribution is 6.21. The molecule has 0 spiro atoms. The average Bonchev–Trinajstić information content (AvgIpc) is 3.59. The zero-order chi connectivity index (χ0) is 28.6. The summed E-state index contributed by atoms with van der Waals surface area (Å²) >= 11 is 0. The van der Waals surface area contributed by atoms with E-state index in [-0.39, 0.29) is 0 Å². The van der Waals surface area contributed by atoms with E-state index in [2.05, 4.69) is 138 Å². The van der Waals surface area contributed by atoms with E-state index in [0.29, 0.717) is 11.8 Å². The van der Waals surface area contributed by atoms with Gasteiger partial charge in [-0.25, -0.2) is 0 Å². The van der Waals surface area contributed by atoms with E-state index in [1.807, 2.05) is 30.3 Å². The van der Waals surface area contributed by atoms with Gasteiger partial charge in [0.2, 0.25) is 11.8 Å². The van der Waals surface area contributed by atoms with E-state index in [0.717, 1.165) is 27.8 Å². The Bertz CT molecular complexity index is 2160. The van der Waals surface area contributed by atoms with Crippen molar-refractivity contribution in [3.05, 3.63) is 158 Å². The molecule has 1 heterocycles. The number of rotatable bonds is 5. The molecule has 0 aliphatic heterocycles. The van der Waals surface area contributed by atoms with Crippen molar-refractivity contribution in [1.82, 2.24) is 10.2 Å². The third-order valence-electron chi connectivity index (χ3n) is 8.06. The number of benzene rings is 7. The largest absolute Gasteiger partial charge is 0.416 e. The van der Waals surface area contributed by atoms with E-state index >= 15 is 0 Å². The second-order valence-electron chi connectivity index (χ2n) is 10.6. The van der Waals surface area contributed by atoms with E-state index in [4.69, 9.17) is 4.42 Å². The molecule has 8 aromatic rings. The normalized spacial score (nSPS) is 11.3. The number of fused-ring (bicyclic) bond motifs is 2. The second kappa shape index (κ2) is 10.6. The summed E-state index contributed by atoms with van der Waals surface area (Å²) < 4.78 is 6.18. The zero-order valence-electron chi connectivity index (χ0n) is 23.3. The predicted octanol–water partition coefficient (Wildman–Crippen LogP) is 10.7. The molecule has 0 saturated heterocycles. The van der Waals surface area contributed by atoms with Gasteiger partial charge in [-0.2, -0.15) is 0 Å². The van der Waals surface area contributed by atoms with Crippen LogP contribution in [0.2, 0.25) is 0 Å². The second-order valence-corrected chi connectivity index (χ2v) is 10.6. The Hall–Kier alpha value is -5.80. The fourth-order valence-electron chi connectivity index (χ4n) is 6.05. The van der Waals surface area contributed by atoms with Gasteiger partial charge in [-0.15, -0.1) is 10.2 Å². The van der Waals surface area contributed by atoms with Gasteiger partial charge in [0.15, 0.2) is 0 Å². The SMILES string of the molecule is c1ccc(-c2cccc(-c3nnc(-c4ccc(-c5c6ccccc6c(-c6ccccc6)c6ccccc56)cc4)o3)c2)cc1. The Morgan fingerprint density at radius 2 is 0.698 bits per heavy atom. The Morgan fingerprint density at radius 1 is 0.302 bits per heavy atom. The van der Waals surface area contributed by atoms with Crippen LogP contribution >= 0.6 is 0 Å². The lowest BCUT2D eigenvalue weighted by atomic mass is 9.86. The molecule has 7 aromatic carbocycles. The molecule has 0 bridgehead atoms. The van der Waals surface area contributed by atoms with Crippen molar-refractivity contribution in [2.24, 2.45) is 0 Å². The van der Waals surface area contributed by atoms with E-state index in [1.165, 1.54) is 38.2 Å². The van der Waals surface area contributed by atoms with Gasteiger partial charge in [-0.05, 0) is 79.2 Å². The van der Waals surface area contributed by atoms with Gasteiger partial charge in [0.25, 0.3) is 0 Å². The molecule has 3 nitrogen and oxygen atoms in total. The number of nitrogens with zero attached hydrogens (tertiary/aromatic N) is 2. The number of hydrogen-bond acceptors (Lipinski definition) is 3. The van der Waals surface area contributed by atoms with Crippen LogP contribution in [0.4, 0.5) is 0 Å². The van der Waals surface area contributed by atoms with Crippen LogP contribution in [0.15, 0.2) is 162 Å². The number of hydrogen-bond donors (Lipinski definition) is 0. The van der Waals surface area contributed by atoms with Crippen molar-refractivity contribution in [2.45, 2.75) is 0 Å². The van der Waals surface area contributed by atoms with E-state index in [9.17, 15) is 0 Å². The Labute approximate surface area is 249 Å². The third kappa shape index (κ3) is 4.48. The molecule has 8 rings (SSSR count). The van der Waals surface area contributed by atoms with E-state index in [1.54, 1.807) is 0 Å². The summed E-state index contributed by atoms with van der Waals surface area (Å²) in [6, 6.07) is 55.0. The van der Waals surface area contributed by atoms with Gasteiger partial charge in [-0.3, -0.25) is 0 Å². The molecule has 1 aromatic heterocycles. The smallest absolute Gasteiger partial charge is 0.248 e. The highest BCUT2D eigenvalue weighted by Gasteiger charge is 2.17. The lowest BCUT2D eigenvalue weighted by molar-refractivity contribution is 0.584. The van der Waals surface area contributed by atoms with Crippen LogP contribution < -0.4 is 0 Å². The van der Waals surface area contributed by atoms with Crippen LogP contribution in [0, 0.1) is 0 Å². The van der Waals surface area contributed by atoms with Crippen molar-refractivity contribution in [3.8, 4) is 56.3 Å². The molecular formula is C40H26N2O. The predicted molar refractivity (Wildman–Crippen MR) is 176 cm³/mol. The molecule has 43 heavy (non-hydrogen) atoms. The zero-order valence-corrected chi connectivity index (χ0v) is 23.3. The van der Waals surface area contributed by atoms with Crippen molar-refractivity contribution in [1.29, 1.82) is 0 Å². The first kappa shape index (κ1) is 25.0. The lowest BCUT2D eigenvalue weighted by Gasteiger charge is -2.17. The van der Waals surface area contributed by atoms with Crippen LogP contribution in [0.1, 0.15) is 0 Å². The molecular weight excluding hydrogens is 524 g/mol. The topological polar surface area (TPSA) is 38.9 Å². The molecule has 0 saturated carbocycles. The maximum Gasteiger partial charge on any atom is 0.248 e. The summed E-state index contributed by atoms with van der Waals surface area (Å²) in [4.78, 5) is 0. The van der Waals surface area contributed by atoms with Crippen molar-refractivity contribution < 1.29 is 4.42 Å².